The summed E-state index contributed by atoms with van der Waals surface area (Å²) in [4.78, 5) is 42.3. The van der Waals surface area contributed by atoms with Crippen LogP contribution >= 0.6 is 0 Å². The van der Waals surface area contributed by atoms with Crippen LogP contribution in [0.25, 0.3) is 11.4 Å². The van der Waals surface area contributed by atoms with Crippen molar-refractivity contribution in [3.63, 3.8) is 0 Å². The number of carbonyl (C=O) groups excluding carboxylic acids is 2. The second-order valence-corrected chi connectivity index (χ2v) is 7.50. The van der Waals surface area contributed by atoms with Crippen LogP contribution in [-0.4, -0.2) is 68.0 Å². The van der Waals surface area contributed by atoms with Crippen LogP contribution in [0, 0.1) is 6.92 Å². The van der Waals surface area contributed by atoms with E-state index in [1.807, 2.05) is 24.0 Å². The molecule has 3 fully saturated rings. The largest absolute Gasteiger partial charge is 0.353 e. The molecule has 0 aromatic carbocycles. The predicted octanol–water partition coefficient (Wildman–Crippen LogP) is 1.41. The third kappa shape index (κ3) is 2.44. The topological polar surface area (TPSA) is 88.5 Å². The van der Waals surface area contributed by atoms with Crippen LogP contribution in [0.1, 0.15) is 35.3 Å². The molecule has 144 valence electrons. The maximum Gasteiger partial charge on any atom is 0.257 e. The van der Waals surface area contributed by atoms with Crippen molar-refractivity contribution in [2.45, 2.75) is 38.0 Å². The van der Waals surface area contributed by atoms with Crippen LogP contribution in [0.15, 0.2) is 30.7 Å². The number of hydrogen-bond acceptors (Lipinski definition) is 6. The first-order valence-corrected chi connectivity index (χ1v) is 9.59. The van der Waals surface area contributed by atoms with E-state index in [1.54, 1.807) is 23.5 Å². The lowest BCUT2D eigenvalue weighted by molar-refractivity contribution is -0.179. The summed E-state index contributed by atoms with van der Waals surface area (Å²) in [7, 11) is 0. The lowest BCUT2D eigenvalue weighted by Gasteiger charge is -2.42. The van der Waals surface area contributed by atoms with E-state index in [0.29, 0.717) is 49.6 Å². The molecule has 2 aromatic heterocycles. The van der Waals surface area contributed by atoms with E-state index in [2.05, 4.69) is 15.0 Å². The van der Waals surface area contributed by atoms with Gasteiger partial charge in [-0.1, -0.05) is 0 Å². The Morgan fingerprint density at radius 3 is 3.00 bits per heavy atom. The third-order valence-corrected chi connectivity index (χ3v) is 6.00. The number of amides is 2. The van der Waals surface area contributed by atoms with E-state index >= 15 is 0 Å². The first-order chi connectivity index (χ1) is 13.6. The Morgan fingerprint density at radius 1 is 1.32 bits per heavy atom. The average Bonchev–Trinajstić information content (AvgIpc) is 3.20. The standard InChI is InChI=1S/C20H21N5O3/c1-13-15(12-22-18(23-13)14-4-2-6-21-11-14)19(27)24-8-5-20-16(24)10-17(26)25(20)7-3-9-28-20/h2,4,6,11-12,16H,3,5,7-10H2,1H3/t16-,20+/m1/s1. The molecule has 1 spiro atoms. The van der Waals surface area contributed by atoms with Crippen LogP contribution in [0.5, 0.6) is 0 Å². The molecule has 0 aliphatic carbocycles. The zero-order chi connectivity index (χ0) is 19.3. The van der Waals surface area contributed by atoms with Gasteiger partial charge in [-0.25, -0.2) is 9.97 Å². The highest BCUT2D eigenvalue weighted by molar-refractivity contribution is 5.96. The Kier molecular flexibility index (Phi) is 3.90. The van der Waals surface area contributed by atoms with Crippen LogP contribution in [0.4, 0.5) is 0 Å². The monoisotopic (exact) mass is 379 g/mol. The Balaban J connectivity index is 1.44. The summed E-state index contributed by atoms with van der Waals surface area (Å²) in [5.41, 5.74) is 1.24. The lowest BCUT2D eigenvalue weighted by atomic mass is 10.0. The van der Waals surface area contributed by atoms with Crippen molar-refractivity contribution in [3.8, 4) is 11.4 Å². The van der Waals surface area contributed by atoms with E-state index in [1.165, 1.54) is 0 Å². The molecule has 8 heteroatoms. The van der Waals surface area contributed by atoms with E-state index in [4.69, 9.17) is 4.74 Å². The van der Waals surface area contributed by atoms with Gasteiger partial charge in [0.2, 0.25) is 5.91 Å². The lowest BCUT2D eigenvalue weighted by Crippen LogP contribution is -2.56. The first-order valence-electron chi connectivity index (χ1n) is 9.59. The van der Waals surface area contributed by atoms with Crippen molar-refractivity contribution in [1.29, 1.82) is 0 Å². The van der Waals surface area contributed by atoms with Gasteiger partial charge >= 0.3 is 0 Å². The molecule has 8 nitrogen and oxygen atoms in total. The Hall–Kier alpha value is -2.87. The van der Waals surface area contributed by atoms with E-state index in [-0.39, 0.29) is 17.9 Å². The quantitative estimate of drug-likeness (QED) is 0.784. The van der Waals surface area contributed by atoms with E-state index in [0.717, 1.165) is 12.0 Å². The summed E-state index contributed by atoms with van der Waals surface area (Å²) < 4.78 is 6.08. The van der Waals surface area contributed by atoms with Crippen molar-refractivity contribution in [1.82, 2.24) is 24.8 Å². The normalized spacial score (nSPS) is 26.3. The van der Waals surface area contributed by atoms with Crippen molar-refractivity contribution in [2.24, 2.45) is 0 Å². The minimum Gasteiger partial charge on any atom is -0.353 e. The Bertz CT molecular complexity index is 950. The van der Waals surface area contributed by atoms with Crippen LogP contribution < -0.4 is 0 Å². The number of rotatable bonds is 2. The number of carbonyl (C=O) groups is 2. The predicted molar refractivity (Wildman–Crippen MR) is 99.1 cm³/mol. The number of likely N-dealkylation sites (tertiary alicyclic amines) is 1. The Labute approximate surface area is 162 Å². The number of aromatic nitrogens is 3. The van der Waals surface area contributed by atoms with E-state index in [9.17, 15) is 9.59 Å². The molecule has 5 heterocycles. The van der Waals surface area contributed by atoms with Gasteiger partial charge in [-0.2, -0.15) is 0 Å². The number of ether oxygens (including phenoxy) is 1. The highest BCUT2D eigenvalue weighted by Gasteiger charge is 2.61. The summed E-state index contributed by atoms with van der Waals surface area (Å²) >= 11 is 0. The van der Waals surface area contributed by atoms with E-state index < -0.39 is 5.72 Å². The minimum absolute atomic E-state index is 0.0714. The molecule has 0 N–H and O–H groups in total. The van der Waals surface area contributed by atoms with Gasteiger partial charge in [-0.3, -0.25) is 14.6 Å². The fraction of sp³-hybridized carbons (Fsp3) is 0.450. The summed E-state index contributed by atoms with van der Waals surface area (Å²) in [5, 5.41) is 0. The highest BCUT2D eigenvalue weighted by atomic mass is 16.5. The second kappa shape index (κ2) is 6.34. The van der Waals surface area contributed by atoms with Gasteiger partial charge in [0, 0.05) is 43.7 Å². The molecule has 0 radical (unpaired) electrons. The summed E-state index contributed by atoms with van der Waals surface area (Å²) in [6.45, 7) is 3.71. The van der Waals surface area contributed by atoms with Crippen molar-refractivity contribution in [2.75, 3.05) is 19.7 Å². The summed E-state index contributed by atoms with van der Waals surface area (Å²) in [6.07, 6.45) is 6.78. The van der Waals surface area contributed by atoms with Gasteiger partial charge in [-0.05, 0) is 25.5 Å². The smallest absolute Gasteiger partial charge is 0.257 e. The highest BCUT2D eigenvalue weighted by Crippen LogP contribution is 2.45. The van der Waals surface area contributed by atoms with Crippen LogP contribution in [0.3, 0.4) is 0 Å². The molecule has 0 unspecified atom stereocenters. The molecule has 2 aromatic rings. The molecular formula is C20H21N5O3. The summed E-state index contributed by atoms with van der Waals surface area (Å²) in [6, 6.07) is 3.46. The fourth-order valence-corrected chi connectivity index (χ4v) is 4.66. The van der Waals surface area contributed by atoms with Gasteiger partial charge in [-0.15, -0.1) is 0 Å². The molecule has 3 saturated heterocycles. The van der Waals surface area contributed by atoms with Crippen molar-refractivity contribution < 1.29 is 14.3 Å². The molecule has 0 saturated carbocycles. The zero-order valence-electron chi connectivity index (χ0n) is 15.7. The SMILES string of the molecule is Cc1nc(-c2cccnc2)ncc1C(=O)N1CC[C@@]23OCCCN2C(=O)C[C@@H]13. The number of pyridine rings is 1. The molecule has 0 bridgehead atoms. The fourth-order valence-electron chi connectivity index (χ4n) is 4.66. The van der Waals surface area contributed by atoms with Crippen molar-refractivity contribution in [3.05, 3.63) is 42.0 Å². The average molecular weight is 379 g/mol. The molecule has 2 atom stereocenters. The Morgan fingerprint density at radius 2 is 2.21 bits per heavy atom. The maximum atomic E-state index is 13.3. The van der Waals surface area contributed by atoms with Crippen LogP contribution in [-0.2, 0) is 9.53 Å². The van der Waals surface area contributed by atoms with Crippen LogP contribution in [0.2, 0.25) is 0 Å². The van der Waals surface area contributed by atoms with Gasteiger partial charge in [0.05, 0.1) is 30.3 Å². The molecule has 3 aliphatic heterocycles. The molecule has 3 aliphatic rings. The molecule has 28 heavy (non-hydrogen) atoms. The zero-order valence-corrected chi connectivity index (χ0v) is 15.7. The number of aryl methyl sites for hydroxylation is 1. The van der Waals surface area contributed by atoms with Gasteiger partial charge in [0.25, 0.3) is 5.91 Å². The van der Waals surface area contributed by atoms with Gasteiger partial charge < -0.3 is 14.5 Å². The minimum atomic E-state index is -0.643. The maximum absolute atomic E-state index is 13.3. The molecule has 2 amide bonds. The number of hydrogen-bond donors (Lipinski definition) is 0. The van der Waals surface area contributed by atoms with Gasteiger partial charge in [0.15, 0.2) is 11.5 Å². The number of nitrogens with zero attached hydrogens (tertiary/aromatic N) is 5. The van der Waals surface area contributed by atoms with Gasteiger partial charge in [0.1, 0.15) is 0 Å². The third-order valence-electron chi connectivity index (χ3n) is 6.00. The van der Waals surface area contributed by atoms with Crippen molar-refractivity contribution >= 4 is 11.8 Å². The first kappa shape index (κ1) is 17.2. The summed E-state index contributed by atoms with van der Waals surface area (Å²) in [5.74, 6) is 0.473. The molecule has 5 rings (SSSR count). The molecular weight excluding hydrogens is 358 g/mol. The second-order valence-electron chi connectivity index (χ2n) is 7.50.